The fourth-order valence-corrected chi connectivity index (χ4v) is 1.78. The van der Waals surface area contributed by atoms with Crippen molar-refractivity contribution in [1.82, 2.24) is 10.2 Å². The zero-order valence-electron chi connectivity index (χ0n) is 9.53. The second-order valence-corrected chi connectivity index (χ2v) is 4.42. The molecule has 0 aliphatic rings. The van der Waals surface area contributed by atoms with Crippen molar-refractivity contribution < 1.29 is 9.53 Å². The summed E-state index contributed by atoms with van der Waals surface area (Å²) in [6.07, 6.45) is 0. The number of H-pyrrole nitrogens is 1. The molecule has 0 unspecified atom stereocenters. The second-order valence-electron chi connectivity index (χ2n) is 3.51. The summed E-state index contributed by atoms with van der Waals surface area (Å²) >= 11 is 3.33. The Hall–Kier alpha value is -2.02. The van der Waals surface area contributed by atoms with Gasteiger partial charge < -0.3 is 15.8 Å². The summed E-state index contributed by atoms with van der Waals surface area (Å²) in [6, 6.07) is 6.78. The fraction of sp³-hybridized carbons (Fsp3) is 0.0909. The molecule has 0 aliphatic heterocycles. The number of amides is 1. The molecule has 4 N–H and O–H groups in total. The topological polar surface area (TPSA) is 93.0 Å². The summed E-state index contributed by atoms with van der Waals surface area (Å²) in [5, 5.41) is 8.94. The largest absolute Gasteiger partial charge is 0.495 e. The van der Waals surface area contributed by atoms with Gasteiger partial charge in [-0.3, -0.25) is 9.89 Å². The summed E-state index contributed by atoms with van der Waals surface area (Å²) in [6.45, 7) is 0. The Kier molecular flexibility index (Phi) is 3.52. The quantitative estimate of drug-likeness (QED) is 0.808. The highest BCUT2D eigenvalue weighted by Crippen LogP contribution is 2.28. The van der Waals surface area contributed by atoms with Gasteiger partial charge in [-0.05, 0) is 18.2 Å². The minimum atomic E-state index is -0.337. The summed E-state index contributed by atoms with van der Waals surface area (Å²) in [4.78, 5) is 11.9. The number of hydrogen-bond donors (Lipinski definition) is 3. The number of aromatic nitrogens is 2. The van der Waals surface area contributed by atoms with Crippen LogP contribution < -0.4 is 15.8 Å². The van der Waals surface area contributed by atoms with Crippen LogP contribution >= 0.6 is 15.9 Å². The molecular weight excluding hydrogens is 300 g/mol. The van der Waals surface area contributed by atoms with Gasteiger partial charge in [0.2, 0.25) is 0 Å². The third-order valence-corrected chi connectivity index (χ3v) is 2.75. The number of rotatable bonds is 3. The molecule has 0 fully saturated rings. The molecule has 0 saturated carbocycles. The predicted molar refractivity (Wildman–Crippen MR) is 71.6 cm³/mol. The molecule has 1 aromatic carbocycles. The van der Waals surface area contributed by atoms with Gasteiger partial charge in [-0.15, -0.1) is 0 Å². The molecule has 1 aromatic heterocycles. The Morgan fingerprint density at radius 2 is 2.28 bits per heavy atom. The molecule has 0 bridgehead atoms. The molecule has 94 valence electrons. The van der Waals surface area contributed by atoms with E-state index in [4.69, 9.17) is 10.5 Å². The maximum atomic E-state index is 11.9. The van der Waals surface area contributed by atoms with Crippen molar-refractivity contribution in [3.63, 3.8) is 0 Å². The van der Waals surface area contributed by atoms with Gasteiger partial charge in [-0.1, -0.05) is 15.9 Å². The van der Waals surface area contributed by atoms with Crippen molar-refractivity contribution in [2.75, 3.05) is 18.2 Å². The molecule has 0 radical (unpaired) electrons. The Labute approximate surface area is 112 Å². The molecule has 2 aromatic rings. The highest BCUT2D eigenvalue weighted by Gasteiger charge is 2.12. The monoisotopic (exact) mass is 310 g/mol. The number of hydrogen-bond acceptors (Lipinski definition) is 4. The molecule has 0 aliphatic carbocycles. The van der Waals surface area contributed by atoms with Gasteiger partial charge in [0.15, 0.2) is 0 Å². The molecule has 18 heavy (non-hydrogen) atoms. The van der Waals surface area contributed by atoms with Crippen LogP contribution in [0.1, 0.15) is 10.5 Å². The first kappa shape index (κ1) is 12.4. The number of ether oxygens (including phenoxy) is 1. The zero-order valence-corrected chi connectivity index (χ0v) is 11.1. The summed E-state index contributed by atoms with van der Waals surface area (Å²) in [5.41, 5.74) is 6.28. The van der Waals surface area contributed by atoms with Crippen molar-refractivity contribution in [3.05, 3.63) is 34.4 Å². The maximum absolute atomic E-state index is 11.9. The van der Waals surface area contributed by atoms with Crippen LogP contribution in [0.25, 0.3) is 0 Å². The summed E-state index contributed by atoms with van der Waals surface area (Å²) in [7, 11) is 1.53. The van der Waals surface area contributed by atoms with Crippen molar-refractivity contribution in [2.24, 2.45) is 0 Å². The van der Waals surface area contributed by atoms with Crippen LogP contribution in [0.15, 0.2) is 28.7 Å². The number of nitrogens with two attached hydrogens (primary N) is 1. The van der Waals surface area contributed by atoms with E-state index < -0.39 is 0 Å². The van der Waals surface area contributed by atoms with E-state index in [1.807, 2.05) is 6.07 Å². The van der Waals surface area contributed by atoms with E-state index in [9.17, 15) is 4.79 Å². The van der Waals surface area contributed by atoms with E-state index in [-0.39, 0.29) is 17.4 Å². The molecule has 1 heterocycles. The average molecular weight is 311 g/mol. The molecule has 0 saturated heterocycles. The van der Waals surface area contributed by atoms with Crippen molar-refractivity contribution >= 4 is 33.3 Å². The van der Waals surface area contributed by atoms with Crippen LogP contribution in [0.2, 0.25) is 0 Å². The Morgan fingerprint density at radius 3 is 2.89 bits per heavy atom. The first-order chi connectivity index (χ1) is 8.60. The molecule has 0 spiro atoms. The number of methoxy groups -OCH3 is 1. The standard InChI is InChI=1S/C11H11BrN4O2/c1-18-9-3-2-6(12)4-7(9)14-11(17)8-5-10(13)16-15-8/h2-5H,1H3,(H,14,17)(H3,13,15,16). The van der Waals surface area contributed by atoms with Gasteiger partial charge >= 0.3 is 0 Å². The van der Waals surface area contributed by atoms with E-state index in [1.54, 1.807) is 12.1 Å². The number of halogens is 1. The minimum absolute atomic E-state index is 0.265. The van der Waals surface area contributed by atoms with Gasteiger partial charge in [0, 0.05) is 10.5 Å². The Balaban J connectivity index is 2.23. The first-order valence-corrected chi connectivity index (χ1v) is 5.85. The third-order valence-electron chi connectivity index (χ3n) is 2.25. The van der Waals surface area contributed by atoms with E-state index in [2.05, 4.69) is 31.4 Å². The van der Waals surface area contributed by atoms with Crippen LogP contribution in [0.5, 0.6) is 5.75 Å². The molecule has 0 atom stereocenters. The lowest BCUT2D eigenvalue weighted by Crippen LogP contribution is -2.13. The fourth-order valence-electron chi connectivity index (χ4n) is 1.42. The smallest absolute Gasteiger partial charge is 0.273 e. The number of anilines is 2. The Bertz CT molecular complexity index is 582. The number of carbonyl (C=O) groups is 1. The van der Waals surface area contributed by atoms with E-state index in [0.717, 1.165) is 4.47 Å². The maximum Gasteiger partial charge on any atom is 0.273 e. The van der Waals surface area contributed by atoms with Crippen LogP contribution in [-0.2, 0) is 0 Å². The lowest BCUT2D eigenvalue weighted by atomic mass is 10.3. The van der Waals surface area contributed by atoms with E-state index in [0.29, 0.717) is 11.4 Å². The number of benzene rings is 1. The van der Waals surface area contributed by atoms with Gasteiger partial charge in [-0.2, -0.15) is 5.10 Å². The van der Waals surface area contributed by atoms with E-state index in [1.165, 1.54) is 13.2 Å². The third kappa shape index (κ3) is 2.62. The van der Waals surface area contributed by atoms with Gasteiger partial charge in [0.05, 0.1) is 12.8 Å². The molecule has 2 rings (SSSR count). The number of nitrogen functional groups attached to an aromatic ring is 1. The van der Waals surface area contributed by atoms with Gasteiger partial charge in [0.25, 0.3) is 5.91 Å². The normalized spacial score (nSPS) is 10.1. The van der Waals surface area contributed by atoms with Crippen LogP contribution in [0.4, 0.5) is 11.5 Å². The lowest BCUT2D eigenvalue weighted by Gasteiger charge is -2.09. The van der Waals surface area contributed by atoms with Crippen molar-refractivity contribution in [2.45, 2.75) is 0 Å². The van der Waals surface area contributed by atoms with E-state index >= 15 is 0 Å². The lowest BCUT2D eigenvalue weighted by molar-refractivity contribution is 0.102. The SMILES string of the molecule is COc1ccc(Br)cc1NC(=O)c1cc(N)n[nH]1. The minimum Gasteiger partial charge on any atom is -0.495 e. The first-order valence-electron chi connectivity index (χ1n) is 5.06. The molecular formula is C11H11BrN4O2. The molecule has 7 heteroatoms. The van der Waals surface area contributed by atoms with Crippen LogP contribution in [0, 0.1) is 0 Å². The van der Waals surface area contributed by atoms with Gasteiger partial charge in [0.1, 0.15) is 17.3 Å². The molecule has 6 nitrogen and oxygen atoms in total. The van der Waals surface area contributed by atoms with Crippen molar-refractivity contribution in [1.29, 1.82) is 0 Å². The number of nitrogens with one attached hydrogen (secondary N) is 2. The second kappa shape index (κ2) is 5.09. The highest BCUT2D eigenvalue weighted by atomic mass is 79.9. The summed E-state index contributed by atoms with van der Waals surface area (Å²) < 4.78 is 5.99. The number of nitrogens with zero attached hydrogens (tertiary/aromatic N) is 1. The van der Waals surface area contributed by atoms with Gasteiger partial charge in [-0.25, -0.2) is 0 Å². The highest BCUT2D eigenvalue weighted by molar-refractivity contribution is 9.10. The molecule has 1 amide bonds. The average Bonchev–Trinajstić information content (AvgIpc) is 2.76. The predicted octanol–water partition coefficient (Wildman–Crippen LogP) is 2.02. The number of aromatic amines is 1. The van der Waals surface area contributed by atoms with Crippen molar-refractivity contribution in [3.8, 4) is 5.75 Å². The number of carbonyl (C=O) groups excluding carboxylic acids is 1. The van der Waals surface area contributed by atoms with Crippen LogP contribution in [0.3, 0.4) is 0 Å². The summed E-state index contributed by atoms with van der Waals surface area (Å²) in [5.74, 6) is 0.496. The Morgan fingerprint density at radius 1 is 1.50 bits per heavy atom. The zero-order chi connectivity index (χ0) is 13.1. The van der Waals surface area contributed by atoms with Crippen LogP contribution in [-0.4, -0.2) is 23.2 Å².